The van der Waals surface area contributed by atoms with Crippen molar-refractivity contribution in [1.29, 1.82) is 0 Å². The summed E-state index contributed by atoms with van der Waals surface area (Å²) in [5, 5.41) is 10.0. The number of phenolic OH excluding ortho intramolecular Hbond substituents is 1. The maximum atomic E-state index is 9.66. The standard InChI is InChI=1S/C12H7Br2ClO2/c13-7-4-5-11(8(14)6-7)17-12-9(15)2-1-3-10(12)16/h1-6,16H. The van der Waals surface area contributed by atoms with Crippen LogP contribution in [0.4, 0.5) is 0 Å². The first-order valence-electron chi connectivity index (χ1n) is 4.68. The fraction of sp³-hybridized carbons (Fsp3) is 0. The van der Waals surface area contributed by atoms with Gasteiger partial charge in [0.05, 0.1) is 9.50 Å². The topological polar surface area (TPSA) is 29.5 Å². The van der Waals surface area contributed by atoms with Crippen LogP contribution in [0.1, 0.15) is 0 Å². The van der Waals surface area contributed by atoms with Gasteiger partial charge in [-0.3, -0.25) is 0 Å². The predicted octanol–water partition coefficient (Wildman–Crippen LogP) is 5.36. The second-order valence-electron chi connectivity index (χ2n) is 3.26. The number of para-hydroxylation sites is 1. The highest BCUT2D eigenvalue weighted by Crippen LogP contribution is 2.40. The van der Waals surface area contributed by atoms with Crippen molar-refractivity contribution in [3.05, 3.63) is 50.4 Å². The molecule has 17 heavy (non-hydrogen) atoms. The Kier molecular flexibility index (Phi) is 3.97. The molecule has 88 valence electrons. The molecule has 2 rings (SSSR count). The van der Waals surface area contributed by atoms with E-state index in [2.05, 4.69) is 31.9 Å². The molecule has 0 fully saturated rings. The summed E-state index contributed by atoms with van der Waals surface area (Å²) in [6.45, 7) is 0. The van der Waals surface area contributed by atoms with Crippen molar-refractivity contribution in [2.45, 2.75) is 0 Å². The van der Waals surface area contributed by atoms with Gasteiger partial charge in [0, 0.05) is 4.47 Å². The van der Waals surface area contributed by atoms with E-state index in [4.69, 9.17) is 16.3 Å². The van der Waals surface area contributed by atoms with Crippen LogP contribution >= 0.6 is 43.5 Å². The van der Waals surface area contributed by atoms with Crippen LogP contribution in [-0.4, -0.2) is 5.11 Å². The minimum Gasteiger partial charge on any atom is -0.504 e. The first kappa shape index (κ1) is 12.7. The number of aromatic hydroxyl groups is 1. The Labute approximate surface area is 120 Å². The highest BCUT2D eigenvalue weighted by atomic mass is 79.9. The zero-order chi connectivity index (χ0) is 12.4. The Morgan fingerprint density at radius 2 is 1.88 bits per heavy atom. The first-order chi connectivity index (χ1) is 8.08. The summed E-state index contributed by atoms with van der Waals surface area (Å²) < 4.78 is 7.28. The van der Waals surface area contributed by atoms with Gasteiger partial charge in [-0.1, -0.05) is 33.6 Å². The number of rotatable bonds is 2. The lowest BCUT2D eigenvalue weighted by atomic mass is 10.3. The third-order valence-electron chi connectivity index (χ3n) is 2.05. The van der Waals surface area contributed by atoms with E-state index in [0.29, 0.717) is 10.8 Å². The fourth-order valence-electron chi connectivity index (χ4n) is 1.27. The molecule has 2 aromatic carbocycles. The normalized spacial score (nSPS) is 10.3. The molecule has 0 aliphatic rings. The molecule has 0 saturated heterocycles. The van der Waals surface area contributed by atoms with E-state index in [0.717, 1.165) is 8.95 Å². The van der Waals surface area contributed by atoms with E-state index in [1.165, 1.54) is 6.07 Å². The zero-order valence-corrected chi connectivity index (χ0v) is 12.4. The second kappa shape index (κ2) is 5.29. The largest absolute Gasteiger partial charge is 0.504 e. The molecular formula is C12H7Br2ClO2. The van der Waals surface area contributed by atoms with Crippen LogP contribution in [0.5, 0.6) is 17.2 Å². The Bertz CT molecular complexity index is 538. The molecular weight excluding hydrogens is 371 g/mol. The van der Waals surface area contributed by atoms with Crippen molar-refractivity contribution in [3.8, 4) is 17.2 Å². The summed E-state index contributed by atoms with van der Waals surface area (Å²) in [5.74, 6) is 0.834. The number of hydrogen-bond donors (Lipinski definition) is 1. The molecule has 0 atom stereocenters. The van der Waals surface area contributed by atoms with E-state index in [1.807, 2.05) is 12.1 Å². The van der Waals surface area contributed by atoms with Gasteiger partial charge in [0.2, 0.25) is 0 Å². The number of hydrogen-bond acceptors (Lipinski definition) is 2. The molecule has 0 heterocycles. The number of phenols is 1. The Morgan fingerprint density at radius 3 is 2.53 bits per heavy atom. The molecule has 0 unspecified atom stereocenters. The molecule has 0 bridgehead atoms. The Balaban J connectivity index is 2.38. The van der Waals surface area contributed by atoms with Gasteiger partial charge in [-0.2, -0.15) is 0 Å². The summed E-state index contributed by atoms with van der Waals surface area (Å²) in [6.07, 6.45) is 0. The lowest BCUT2D eigenvalue weighted by molar-refractivity contribution is 0.410. The van der Waals surface area contributed by atoms with Crippen LogP contribution in [0.15, 0.2) is 45.3 Å². The lowest BCUT2D eigenvalue weighted by Crippen LogP contribution is -1.87. The molecule has 0 spiro atoms. The van der Waals surface area contributed by atoms with Crippen molar-refractivity contribution in [2.75, 3.05) is 0 Å². The van der Waals surface area contributed by atoms with Crippen molar-refractivity contribution < 1.29 is 9.84 Å². The SMILES string of the molecule is Oc1cccc(Cl)c1Oc1ccc(Br)cc1Br. The molecule has 2 aromatic rings. The maximum absolute atomic E-state index is 9.66. The number of halogens is 3. The van der Waals surface area contributed by atoms with Crippen molar-refractivity contribution in [2.24, 2.45) is 0 Å². The average Bonchev–Trinajstić information content (AvgIpc) is 2.26. The van der Waals surface area contributed by atoms with Crippen LogP contribution in [0, 0.1) is 0 Å². The fourth-order valence-corrected chi connectivity index (χ4v) is 2.60. The van der Waals surface area contributed by atoms with Gasteiger partial charge in [-0.15, -0.1) is 0 Å². The minimum atomic E-state index is 0.00678. The average molecular weight is 378 g/mol. The van der Waals surface area contributed by atoms with Crippen LogP contribution < -0.4 is 4.74 Å². The minimum absolute atomic E-state index is 0.00678. The van der Waals surface area contributed by atoms with Crippen LogP contribution in [0.3, 0.4) is 0 Å². The summed E-state index contributed by atoms with van der Waals surface area (Å²) in [4.78, 5) is 0. The third kappa shape index (κ3) is 2.94. The smallest absolute Gasteiger partial charge is 0.187 e. The number of ether oxygens (including phenoxy) is 1. The van der Waals surface area contributed by atoms with Crippen LogP contribution in [0.25, 0.3) is 0 Å². The van der Waals surface area contributed by atoms with Gasteiger partial charge in [-0.25, -0.2) is 0 Å². The van der Waals surface area contributed by atoms with E-state index in [9.17, 15) is 5.11 Å². The Hall–Kier alpha value is -0.710. The molecule has 1 N–H and O–H groups in total. The summed E-state index contributed by atoms with van der Waals surface area (Å²) in [7, 11) is 0. The summed E-state index contributed by atoms with van der Waals surface area (Å²) >= 11 is 12.7. The maximum Gasteiger partial charge on any atom is 0.187 e. The van der Waals surface area contributed by atoms with Crippen molar-refractivity contribution in [1.82, 2.24) is 0 Å². The van der Waals surface area contributed by atoms with Gasteiger partial charge in [-0.05, 0) is 46.3 Å². The monoisotopic (exact) mass is 376 g/mol. The van der Waals surface area contributed by atoms with E-state index in [-0.39, 0.29) is 11.5 Å². The molecule has 0 radical (unpaired) electrons. The highest BCUT2D eigenvalue weighted by Gasteiger charge is 2.10. The van der Waals surface area contributed by atoms with Crippen LogP contribution in [-0.2, 0) is 0 Å². The molecule has 0 aliphatic heterocycles. The molecule has 5 heteroatoms. The summed E-state index contributed by atoms with van der Waals surface area (Å²) in [6, 6.07) is 10.3. The van der Waals surface area contributed by atoms with Crippen LogP contribution in [0.2, 0.25) is 5.02 Å². The first-order valence-corrected chi connectivity index (χ1v) is 6.64. The quantitative estimate of drug-likeness (QED) is 0.762. The molecule has 0 aliphatic carbocycles. The number of benzene rings is 2. The zero-order valence-electron chi connectivity index (χ0n) is 8.45. The Morgan fingerprint density at radius 1 is 1.12 bits per heavy atom. The van der Waals surface area contributed by atoms with Gasteiger partial charge in [0.25, 0.3) is 0 Å². The molecule has 0 amide bonds. The lowest BCUT2D eigenvalue weighted by Gasteiger charge is -2.10. The third-order valence-corrected chi connectivity index (χ3v) is 3.46. The van der Waals surface area contributed by atoms with Gasteiger partial charge in [0.1, 0.15) is 5.75 Å². The van der Waals surface area contributed by atoms with Gasteiger partial charge >= 0.3 is 0 Å². The van der Waals surface area contributed by atoms with E-state index >= 15 is 0 Å². The van der Waals surface area contributed by atoms with Crippen molar-refractivity contribution >= 4 is 43.5 Å². The second-order valence-corrected chi connectivity index (χ2v) is 5.44. The summed E-state index contributed by atoms with van der Waals surface area (Å²) in [5.41, 5.74) is 0. The van der Waals surface area contributed by atoms with Gasteiger partial charge in [0.15, 0.2) is 11.5 Å². The van der Waals surface area contributed by atoms with E-state index < -0.39 is 0 Å². The van der Waals surface area contributed by atoms with Gasteiger partial charge < -0.3 is 9.84 Å². The predicted molar refractivity (Wildman–Crippen MR) is 75.0 cm³/mol. The molecule has 2 nitrogen and oxygen atoms in total. The molecule has 0 aromatic heterocycles. The molecule has 0 saturated carbocycles. The van der Waals surface area contributed by atoms with E-state index in [1.54, 1.807) is 18.2 Å². The van der Waals surface area contributed by atoms with Crippen molar-refractivity contribution in [3.63, 3.8) is 0 Å². The highest BCUT2D eigenvalue weighted by molar-refractivity contribution is 9.11.